The molecule has 7 nitrogen and oxygen atoms in total. The van der Waals surface area contributed by atoms with E-state index >= 15 is 0 Å². The van der Waals surface area contributed by atoms with Gasteiger partial charge in [0.15, 0.2) is 0 Å². The van der Waals surface area contributed by atoms with E-state index in [0.717, 1.165) is 74.2 Å². The lowest BCUT2D eigenvalue weighted by molar-refractivity contribution is -0.134. The highest BCUT2D eigenvalue weighted by Crippen LogP contribution is 2.25. The number of ether oxygens (including phenoxy) is 1. The SMILES string of the molecule is COc1cccc(-c2nc3c([nH]2)CN(CC(=O)N2CCN(C)CC2)CC3)c1. The van der Waals surface area contributed by atoms with Gasteiger partial charge in [0.1, 0.15) is 11.6 Å². The van der Waals surface area contributed by atoms with Crippen LogP contribution in [0.4, 0.5) is 0 Å². The second-order valence-corrected chi connectivity index (χ2v) is 7.39. The topological polar surface area (TPSA) is 64.7 Å². The summed E-state index contributed by atoms with van der Waals surface area (Å²) in [5.74, 6) is 1.92. The van der Waals surface area contributed by atoms with Crippen molar-refractivity contribution in [1.29, 1.82) is 0 Å². The largest absolute Gasteiger partial charge is 0.497 e. The second-order valence-electron chi connectivity index (χ2n) is 7.39. The summed E-state index contributed by atoms with van der Waals surface area (Å²) in [7, 11) is 3.77. The number of aromatic amines is 1. The summed E-state index contributed by atoms with van der Waals surface area (Å²) >= 11 is 0. The summed E-state index contributed by atoms with van der Waals surface area (Å²) < 4.78 is 5.31. The Balaban J connectivity index is 1.41. The lowest BCUT2D eigenvalue weighted by Gasteiger charge is -2.34. The number of amides is 1. The summed E-state index contributed by atoms with van der Waals surface area (Å²) in [5, 5.41) is 0. The lowest BCUT2D eigenvalue weighted by Crippen LogP contribution is -2.50. The van der Waals surface area contributed by atoms with E-state index < -0.39 is 0 Å². The molecule has 0 spiro atoms. The Morgan fingerprint density at radius 2 is 2.04 bits per heavy atom. The Kier molecular flexibility index (Phi) is 5.13. The van der Waals surface area contributed by atoms with Gasteiger partial charge in [0.05, 0.1) is 25.0 Å². The van der Waals surface area contributed by atoms with E-state index in [4.69, 9.17) is 9.72 Å². The summed E-state index contributed by atoms with van der Waals surface area (Å²) in [5.41, 5.74) is 3.24. The quantitative estimate of drug-likeness (QED) is 0.878. The Morgan fingerprint density at radius 1 is 1.22 bits per heavy atom. The molecule has 1 fully saturated rings. The minimum Gasteiger partial charge on any atom is -0.497 e. The monoisotopic (exact) mass is 369 g/mol. The van der Waals surface area contributed by atoms with Gasteiger partial charge in [-0.3, -0.25) is 9.69 Å². The van der Waals surface area contributed by atoms with Gasteiger partial charge in [-0.1, -0.05) is 12.1 Å². The van der Waals surface area contributed by atoms with Crippen LogP contribution in [-0.4, -0.2) is 84.0 Å². The average molecular weight is 369 g/mol. The Morgan fingerprint density at radius 3 is 2.81 bits per heavy atom. The maximum atomic E-state index is 12.6. The van der Waals surface area contributed by atoms with E-state index in [-0.39, 0.29) is 5.91 Å². The van der Waals surface area contributed by atoms with Crippen LogP contribution in [0.3, 0.4) is 0 Å². The van der Waals surface area contributed by atoms with Crippen LogP contribution < -0.4 is 4.74 Å². The van der Waals surface area contributed by atoms with Crippen molar-refractivity contribution in [3.8, 4) is 17.1 Å². The molecule has 144 valence electrons. The number of carbonyl (C=O) groups is 1. The fourth-order valence-electron chi connectivity index (χ4n) is 3.74. The number of H-pyrrole nitrogens is 1. The van der Waals surface area contributed by atoms with E-state index in [9.17, 15) is 4.79 Å². The molecule has 0 bridgehead atoms. The molecule has 0 saturated carbocycles. The smallest absolute Gasteiger partial charge is 0.236 e. The van der Waals surface area contributed by atoms with E-state index in [1.807, 2.05) is 29.2 Å². The minimum absolute atomic E-state index is 0.235. The molecule has 2 aliphatic rings. The molecule has 1 saturated heterocycles. The molecule has 1 aromatic heterocycles. The summed E-state index contributed by atoms with van der Waals surface area (Å²) in [4.78, 5) is 27.3. The van der Waals surface area contributed by atoms with Crippen LogP contribution in [0, 0.1) is 0 Å². The van der Waals surface area contributed by atoms with Crippen molar-refractivity contribution in [2.24, 2.45) is 0 Å². The molecule has 2 aromatic rings. The Hall–Kier alpha value is -2.38. The zero-order chi connectivity index (χ0) is 18.8. The number of nitrogens with zero attached hydrogens (tertiary/aromatic N) is 4. The predicted octanol–water partition coefficient (Wildman–Crippen LogP) is 1.22. The number of nitrogens with one attached hydrogen (secondary N) is 1. The maximum Gasteiger partial charge on any atom is 0.236 e. The second kappa shape index (κ2) is 7.70. The zero-order valence-corrected chi connectivity index (χ0v) is 16.1. The van der Waals surface area contributed by atoms with E-state index in [2.05, 4.69) is 21.8 Å². The number of methoxy groups -OCH3 is 1. The maximum absolute atomic E-state index is 12.6. The van der Waals surface area contributed by atoms with Gasteiger partial charge in [-0.05, 0) is 19.2 Å². The number of benzene rings is 1. The van der Waals surface area contributed by atoms with Crippen LogP contribution in [0.5, 0.6) is 5.75 Å². The molecule has 1 amide bonds. The molecular formula is C20H27N5O2. The first-order valence-corrected chi connectivity index (χ1v) is 9.53. The van der Waals surface area contributed by atoms with Crippen molar-refractivity contribution in [3.63, 3.8) is 0 Å². The number of carbonyl (C=O) groups excluding carboxylic acids is 1. The summed E-state index contributed by atoms with van der Waals surface area (Å²) in [6, 6.07) is 7.91. The molecule has 1 aromatic carbocycles. The van der Waals surface area contributed by atoms with Gasteiger partial charge >= 0.3 is 0 Å². The van der Waals surface area contributed by atoms with Crippen molar-refractivity contribution < 1.29 is 9.53 Å². The number of hydrogen-bond acceptors (Lipinski definition) is 5. The predicted molar refractivity (Wildman–Crippen MR) is 104 cm³/mol. The molecule has 2 aliphatic heterocycles. The zero-order valence-electron chi connectivity index (χ0n) is 16.1. The molecule has 0 radical (unpaired) electrons. The van der Waals surface area contributed by atoms with Gasteiger partial charge in [-0.25, -0.2) is 4.98 Å². The van der Waals surface area contributed by atoms with Gasteiger partial charge in [0, 0.05) is 51.3 Å². The number of imidazole rings is 1. The highest BCUT2D eigenvalue weighted by molar-refractivity contribution is 5.78. The van der Waals surface area contributed by atoms with Crippen LogP contribution >= 0.6 is 0 Å². The minimum atomic E-state index is 0.235. The third-order valence-corrected chi connectivity index (χ3v) is 5.47. The molecule has 1 N–H and O–H groups in total. The normalized spacial score (nSPS) is 18.4. The third kappa shape index (κ3) is 3.99. The number of fused-ring (bicyclic) bond motifs is 1. The van der Waals surface area contributed by atoms with Crippen molar-refractivity contribution >= 4 is 5.91 Å². The number of aromatic nitrogens is 2. The fourth-order valence-corrected chi connectivity index (χ4v) is 3.74. The van der Waals surface area contributed by atoms with Crippen molar-refractivity contribution in [1.82, 2.24) is 24.7 Å². The van der Waals surface area contributed by atoms with Gasteiger partial charge in [0.25, 0.3) is 0 Å². The van der Waals surface area contributed by atoms with Crippen molar-refractivity contribution in [3.05, 3.63) is 35.7 Å². The van der Waals surface area contributed by atoms with Crippen LogP contribution in [0.1, 0.15) is 11.4 Å². The van der Waals surface area contributed by atoms with Gasteiger partial charge in [-0.2, -0.15) is 0 Å². The Bertz CT molecular complexity index is 810. The molecule has 3 heterocycles. The van der Waals surface area contributed by atoms with Gasteiger partial charge < -0.3 is 19.5 Å². The highest BCUT2D eigenvalue weighted by atomic mass is 16.5. The third-order valence-electron chi connectivity index (χ3n) is 5.47. The highest BCUT2D eigenvalue weighted by Gasteiger charge is 2.25. The van der Waals surface area contributed by atoms with Gasteiger partial charge in [-0.15, -0.1) is 0 Å². The average Bonchev–Trinajstić information content (AvgIpc) is 3.12. The van der Waals surface area contributed by atoms with E-state index in [1.54, 1.807) is 7.11 Å². The van der Waals surface area contributed by atoms with Crippen LogP contribution in [0.25, 0.3) is 11.4 Å². The molecular weight excluding hydrogens is 342 g/mol. The van der Waals surface area contributed by atoms with Crippen molar-refractivity contribution in [2.45, 2.75) is 13.0 Å². The van der Waals surface area contributed by atoms with E-state index in [1.165, 1.54) is 0 Å². The lowest BCUT2D eigenvalue weighted by atomic mass is 10.1. The number of hydrogen-bond donors (Lipinski definition) is 1. The molecule has 0 aliphatic carbocycles. The Labute approximate surface area is 159 Å². The van der Waals surface area contributed by atoms with Crippen LogP contribution in [0.15, 0.2) is 24.3 Å². The molecule has 0 atom stereocenters. The van der Waals surface area contributed by atoms with Gasteiger partial charge in [0.2, 0.25) is 5.91 Å². The summed E-state index contributed by atoms with van der Waals surface area (Å²) in [6.45, 7) is 5.68. The molecule has 0 unspecified atom stereocenters. The van der Waals surface area contributed by atoms with Crippen LogP contribution in [-0.2, 0) is 17.8 Å². The molecule has 27 heavy (non-hydrogen) atoms. The first kappa shape index (κ1) is 18.0. The number of rotatable bonds is 4. The first-order chi connectivity index (χ1) is 13.1. The standard InChI is InChI=1S/C20H27N5O2/c1-23-8-10-25(11-9-23)19(26)14-24-7-6-17-18(13-24)22-20(21-17)15-4-3-5-16(12-15)27-2/h3-5,12H,6-11,13-14H2,1-2H3,(H,21,22). The van der Waals surface area contributed by atoms with E-state index in [0.29, 0.717) is 6.54 Å². The first-order valence-electron chi connectivity index (χ1n) is 9.53. The molecule has 7 heteroatoms. The van der Waals surface area contributed by atoms with Crippen LogP contribution in [0.2, 0.25) is 0 Å². The number of likely N-dealkylation sites (N-methyl/N-ethyl adjacent to an activating group) is 1. The van der Waals surface area contributed by atoms with Crippen molar-refractivity contribution in [2.75, 3.05) is 53.4 Å². The number of piperazine rings is 1. The molecule has 4 rings (SSSR count). The summed E-state index contributed by atoms with van der Waals surface area (Å²) in [6.07, 6.45) is 0.867. The fraction of sp³-hybridized carbons (Fsp3) is 0.500.